The molecular formula is C19H24N2O. The number of carbonyl (C=O) groups is 1. The molecule has 3 nitrogen and oxygen atoms in total. The van der Waals surface area contributed by atoms with E-state index in [-0.39, 0.29) is 5.91 Å². The molecule has 1 atom stereocenters. The van der Waals surface area contributed by atoms with Crippen molar-refractivity contribution in [2.24, 2.45) is 5.92 Å². The van der Waals surface area contributed by atoms with Crippen molar-refractivity contribution < 1.29 is 4.79 Å². The highest BCUT2D eigenvalue weighted by molar-refractivity contribution is 5.94. The highest BCUT2D eigenvalue weighted by Crippen LogP contribution is 2.19. The van der Waals surface area contributed by atoms with E-state index >= 15 is 0 Å². The fraction of sp³-hybridized carbons (Fsp3) is 0.316. The normalized spacial score (nSPS) is 12.2. The van der Waals surface area contributed by atoms with Gasteiger partial charge in [0.15, 0.2) is 0 Å². The number of hydrogen-bond donors (Lipinski definition) is 1. The molecule has 0 fully saturated rings. The van der Waals surface area contributed by atoms with Gasteiger partial charge in [-0.15, -0.1) is 0 Å². The van der Waals surface area contributed by atoms with Crippen LogP contribution in [0.1, 0.15) is 17.3 Å². The van der Waals surface area contributed by atoms with Crippen LogP contribution in [0.3, 0.4) is 0 Å². The molecule has 0 aliphatic carbocycles. The van der Waals surface area contributed by atoms with Crippen LogP contribution < -0.4 is 5.32 Å². The summed E-state index contributed by atoms with van der Waals surface area (Å²) in [6.45, 7) is 3.80. The molecule has 0 aromatic heterocycles. The van der Waals surface area contributed by atoms with Crippen LogP contribution in [-0.2, 0) is 0 Å². The Labute approximate surface area is 133 Å². The molecule has 1 amide bonds. The molecule has 0 unspecified atom stereocenters. The molecule has 1 N–H and O–H groups in total. The molecule has 0 radical (unpaired) electrons. The van der Waals surface area contributed by atoms with Crippen molar-refractivity contribution in [2.75, 3.05) is 27.2 Å². The van der Waals surface area contributed by atoms with Crippen LogP contribution >= 0.6 is 0 Å². The average Bonchev–Trinajstić information content (AvgIpc) is 2.53. The topological polar surface area (TPSA) is 32.3 Å². The van der Waals surface area contributed by atoms with E-state index in [1.165, 1.54) is 0 Å². The van der Waals surface area contributed by atoms with Crippen LogP contribution in [0.15, 0.2) is 54.6 Å². The second-order valence-corrected chi connectivity index (χ2v) is 6.02. The van der Waals surface area contributed by atoms with Crippen molar-refractivity contribution in [1.29, 1.82) is 0 Å². The zero-order valence-corrected chi connectivity index (χ0v) is 13.5. The molecule has 0 heterocycles. The maximum absolute atomic E-state index is 12.2. The smallest absolute Gasteiger partial charge is 0.251 e. The van der Waals surface area contributed by atoms with Gasteiger partial charge in [0.2, 0.25) is 0 Å². The fourth-order valence-electron chi connectivity index (χ4n) is 2.50. The minimum atomic E-state index is -0.00906. The Kier molecular flexibility index (Phi) is 5.73. The first kappa shape index (κ1) is 16.2. The molecule has 116 valence electrons. The lowest BCUT2D eigenvalue weighted by Crippen LogP contribution is -2.32. The number of carbonyl (C=O) groups excluding carboxylic acids is 1. The second-order valence-electron chi connectivity index (χ2n) is 6.02. The zero-order chi connectivity index (χ0) is 15.9. The van der Waals surface area contributed by atoms with Crippen molar-refractivity contribution in [3.8, 4) is 11.1 Å². The van der Waals surface area contributed by atoms with E-state index in [1.807, 2.05) is 56.6 Å². The number of nitrogens with zero attached hydrogens (tertiary/aromatic N) is 1. The van der Waals surface area contributed by atoms with Crippen LogP contribution in [0.25, 0.3) is 11.1 Å². The number of hydrogen-bond acceptors (Lipinski definition) is 2. The van der Waals surface area contributed by atoms with E-state index in [1.54, 1.807) is 0 Å². The summed E-state index contributed by atoms with van der Waals surface area (Å²) in [6.07, 6.45) is 0. The van der Waals surface area contributed by atoms with Gasteiger partial charge in [-0.1, -0.05) is 49.4 Å². The van der Waals surface area contributed by atoms with Crippen LogP contribution in [0.4, 0.5) is 0 Å². The van der Waals surface area contributed by atoms with Crippen molar-refractivity contribution >= 4 is 5.91 Å². The van der Waals surface area contributed by atoms with E-state index in [0.29, 0.717) is 18.0 Å². The highest BCUT2D eigenvalue weighted by Gasteiger charge is 2.09. The summed E-state index contributed by atoms with van der Waals surface area (Å²) < 4.78 is 0. The van der Waals surface area contributed by atoms with Gasteiger partial charge in [-0.2, -0.15) is 0 Å². The van der Waals surface area contributed by atoms with Gasteiger partial charge < -0.3 is 10.2 Å². The number of amides is 1. The van der Waals surface area contributed by atoms with Crippen molar-refractivity contribution in [3.63, 3.8) is 0 Å². The molecule has 0 saturated heterocycles. The molecule has 0 aliphatic heterocycles. The Morgan fingerprint density at radius 3 is 2.18 bits per heavy atom. The van der Waals surface area contributed by atoms with Gasteiger partial charge in [0, 0.05) is 18.7 Å². The van der Waals surface area contributed by atoms with Gasteiger partial charge in [-0.05, 0) is 43.3 Å². The number of benzene rings is 2. The van der Waals surface area contributed by atoms with E-state index in [0.717, 1.165) is 17.7 Å². The molecule has 0 aliphatic rings. The first-order valence-corrected chi connectivity index (χ1v) is 7.64. The van der Waals surface area contributed by atoms with E-state index in [9.17, 15) is 4.79 Å². The molecule has 0 saturated carbocycles. The standard InChI is InChI=1S/C19H24N2O/c1-15(14-21(2)3)13-20-19(22)18-11-9-17(10-12-18)16-7-5-4-6-8-16/h4-12,15H,13-14H2,1-3H3,(H,20,22)/t15-/m1/s1. The Hall–Kier alpha value is -2.13. The van der Waals surface area contributed by atoms with Gasteiger partial charge in [-0.3, -0.25) is 4.79 Å². The van der Waals surface area contributed by atoms with Gasteiger partial charge in [0.1, 0.15) is 0 Å². The molecular weight excluding hydrogens is 272 g/mol. The quantitative estimate of drug-likeness (QED) is 0.887. The van der Waals surface area contributed by atoms with Crippen LogP contribution in [0, 0.1) is 5.92 Å². The SMILES string of the molecule is C[C@H](CNC(=O)c1ccc(-c2ccccc2)cc1)CN(C)C. The summed E-state index contributed by atoms with van der Waals surface area (Å²) in [5.41, 5.74) is 2.99. The summed E-state index contributed by atoms with van der Waals surface area (Å²) in [6, 6.07) is 17.9. The summed E-state index contributed by atoms with van der Waals surface area (Å²) in [5, 5.41) is 3.00. The average molecular weight is 296 g/mol. The lowest BCUT2D eigenvalue weighted by atomic mass is 10.0. The molecule has 0 bridgehead atoms. The Morgan fingerprint density at radius 1 is 1.00 bits per heavy atom. The molecule has 3 heteroatoms. The van der Waals surface area contributed by atoms with E-state index in [2.05, 4.69) is 29.3 Å². The third-order valence-electron chi connectivity index (χ3n) is 3.54. The second kappa shape index (κ2) is 7.76. The lowest BCUT2D eigenvalue weighted by molar-refractivity contribution is 0.0946. The Bertz CT molecular complexity index is 591. The van der Waals surface area contributed by atoms with E-state index in [4.69, 9.17) is 0 Å². The molecule has 0 spiro atoms. The number of nitrogens with one attached hydrogen (secondary N) is 1. The van der Waals surface area contributed by atoms with Crippen molar-refractivity contribution in [2.45, 2.75) is 6.92 Å². The van der Waals surface area contributed by atoms with Crippen molar-refractivity contribution in [1.82, 2.24) is 10.2 Å². The molecule has 22 heavy (non-hydrogen) atoms. The number of rotatable bonds is 6. The minimum absolute atomic E-state index is 0.00906. The zero-order valence-electron chi connectivity index (χ0n) is 13.5. The third-order valence-corrected chi connectivity index (χ3v) is 3.54. The molecule has 2 aromatic rings. The summed E-state index contributed by atoms with van der Waals surface area (Å²) in [7, 11) is 4.08. The predicted molar refractivity (Wildman–Crippen MR) is 91.9 cm³/mol. The van der Waals surface area contributed by atoms with Gasteiger partial charge in [-0.25, -0.2) is 0 Å². The maximum atomic E-state index is 12.2. The lowest BCUT2D eigenvalue weighted by Gasteiger charge is -2.17. The molecule has 2 rings (SSSR count). The minimum Gasteiger partial charge on any atom is -0.352 e. The van der Waals surface area contributed by atoms with Gasteiger partial charge >= 0.3 is 0 Å². The third kappa shape index (κ3) is 4.71. The first-order valence-electron chi connectivity index (χ1n) is 7.64. The highest BCUT2D eigenvalue weighted by atomic mass is 16.1. The van der Waals surface area contributed by atoms with Crippen LogP contribution in [-0.4, -0.2) is 38.0 Å². The molecule has 2 aromatic carbocycles. The van der Waals surface area contributed by atoms with Crippen LogP contribution in [0.2, 0.25) is 0 Å². The van der Waals surface area contributed by atoms with Crippen LogP contribution in [0.5, 0.6) is 0 Å². The largest absolute Gasteiger partial charge is 0.352 e. The predicted octanol–water partition coefficient (Wildman–Crippen LogP) is 3.28. The summed E-state index contributed by atoms with van der Waals surface area (Å²) in [4.78, 5) is 14.3. The monoisotopic (exact) mass is 296 g/mol. The first-order chi connectivity index (χ1) is 10.6. The summed E-state index contributed by atoms with van der Waals surface area (Å²) >= 11 is 0. The fourth-order valence-corrected chi connectivity index (χ4v) is 2.50. The van der Waals surface area contributed by atoms with Gasteiger partial charge in [0.05, 0.1) is 0 Å². The van der Waals surface area contributed by atoms with Crippen molar-refractivity contribution in [3.05, 3.63) is 60.2 Å². The summed E-state index contributed by atoms with van der Waals surface area (Å²) in [5.74, 6) is 0.424. The van der Waals surface area contributed by atoms with Gasteiger partial charge in [0.25, 0.3) is 5.91 Å². The Morgan fingerprint density at radius 2 is 1.59 bits per heavy atom. The maximum Gasteiger partial charge on any atom is 0.251 e. The van der Waals surface area contributed by atoms with E-state index < -0.39 is 0 Å². The Balaban J connectivity index is 1.94.